The molecule has 0 aromatic heterocycles. The van der Waals surface area contributed by atoms with Gasteiger partial charge in [-0.2, -0.15) is 0 Å². The Morgan fingerprint density at radius 3 is 2.55 bits per heavy atom. The van der Waals surface area contributed by atoms with Crippen LogP contribution in [0.2, 0.25) is 5.02 Å². The highest BCUT2D eigenvalue weighted by Gasteiger charge is 2.30. The molecule has 0 spiro atoms. The van der Waals surface area contributed by atoms with Crippen molar-refractivity contribution in [3.05, 3.63) is 56.9 Å². The van der Waals surface area contributed by atoms with E-state index in [-0.39, 0.29) is 5.91 Å². The van der Waals surface area contributed by atoms with Crippen molar-refractivity contribution in [2.45, 2.75) is 34.1 Å². The molecule has 1 amide bonds. The molecular formula is C25H28ClNO4S2. The molecule has 2 aromatic carbocycles. The van der Waals surface area contributed by atoms with Crippen LogP contribution in [-0.2, 0) is 4.79 Å². The maximum absolute atomic E-state index is 12.5. The van der Waals surface area contributed by atoms with E-state index in [1.807, 2.05) is 32.0 Å². The Kier molecular flexibility index (Phi) is 9.06. The van der Waals surface area contributed by atoms with Crippen LogP contribution in [0.5, 0.6) is 17.2 Å². The van der Waals surface area contributed by atoms with Crippen molar-refractivity contribution >= 4 is 51.9 Å². The molecule has 176 valence electrons. The van der Waals surface area contributed by atoms with Gasteiger partial charge in [0.2, 0.25) is 0 Å². The quantitative estimate of drug-likeness (QED) is 0.211. The first kappa shape index (κ1) is 25.4. The van der Waals surface area contributed by atoms with Gasteiger partial charge in [0.05, 0.1) is 29.7 Å². The maximum atomic E-state index is 12.5. The van der Waals surface area contributed by atoms with Crippen molar-refractivity contribution < 1.29 is 19.0 Å². The molecule has 1 aliphatic heterocycles. The highest BCUT2D eigenvalue weighted by molar-refractivity contribution is 8.26. The lowest BCUT2D eigenvalue weighted by atomic mass is 10.1. The zero-order valence-electron chi connectivity index (χ0n) is 19.3. The summed E-state index contributed by atoms with van der Waals surface area (Å²) < 4.78 is 18.2. The van der Waals surface area contributed by atoms with Crippen molar-refractivity contribution in [3.63, 3.8) is 0 Å². The Morgan fingerprint density at radius 1 is 1.09 bits per heavy atom. The lowest BCUT2D eigenvalue weighted by Gasteiger charge is -2.15. The van der Waals surface area contributed by atoms with Crippen molar-refractivity contribution in [3.8, 4) is 17.2 Å². The number of likely N-dealkylation sites (N-methyl/N-ethyl adjacent to an activating group) is 1. The number of aryl methyl sites for hydroxylation is 1. The molecule has 0 bridgehead atoms. The Balaban J connectivity index is 1.66. The number of halogens is 1. The number of amides is 1. The van der Waals surface area contributed by atoms with Gasteiger partial charge >= 0.3 is 0 Å². The van der Waals surface area contributed by atoms with Crippen molar-refractivity contribution in [2.75, 3.05) is 26.4 Å². The number of hydrogen-bond donors (Lipinski definition) is 0. The van der Waals surface area contributed by atoms with Gasteiger partial charge < -0.3 is 14.2 Å². The second kappa shape index (κ2) is 11.8. The summed E-state index contributed by atoms with van der Waals surface area (Å²) in [7, 11) is 0. The van der Waals surface area contributed by atoms with Gasteiger partial charge in [0.1, 0.15) is 10.1 Å². The summed E-state index contributed by atoms with van der Waals surface area (Å²) in [6.07, 6.45) is 2.47. The van der Waals surface area contributed by atoms with Gasteiger partial charge in [-0.3, -0.25) is 9.69 Å². The summed E-state index contributed by atoms with van der Waals surface area (Å²) in [6, 6.07) is 9.63. The van der Waals surface area contributed by atoms with E-state index in [2.05, 4.69) is 19.9 Å². The summed E-state index contributed by atoms with van der Waals surface area (Å²) in [6.45, 7) is 9.89. The monoisotopic (exact) mass is 505 g/mol. The van der Waals surface area contributed by atoms with Crippen LogP contribution in [0.3, 0.4) is 0 Å². The first-order valence-electron chi connectivity index (χ1n) is 10.9. The summed E-state index contributed by atoms with van der Waals surface area (Å²) in [5.41, 5.74) is 3.10. The molecule has 0 atom stereocenters. The molecule has 0 aliphatic carbocycles. The molecule has 1 saturated heterocycles. The third-order valence-corrected chi connectivity index (χ3v) is 6.83. The molecule has 3 rings (SSSR count). The van der Waals surface area contributed by atoms with E-state index in [9.17, 15) is 4.79 Å². The van der Waals surface area contributed by atoms with Crippen LogP contribution in [0.1, 0.15) is 37.0 Å². The maximum Gasteiger partial charge on any atom is 0.266 e. The van der Waals surface area contributed by atoms with Gasteiger partial charge in [-0.1, -0.05) is 47.7 Å². The average Bonchev–Trinajstić information content (AvgIpc) is 3.04. The van der Waals surface area contributed by atoms with E-state index in [4.69, 9.17) is 38.0 Å². The van der Waals surface area contributed by atoms with Crippen LogP contribution in [0, 0.1) is 13.8 Å². The van der Waals surface area contributed by atoms with Gasteiger partial charge in [0.25, 0.3) is 5.91 Å². The summed E-state index contributed by atoms with van der Waals surface area (Å²) in [5, 5.41) is 0.425. The Labute approximate surface area is 210 Å². The number of hydrogen-bond acceptors (Lipinski definition) is 6. The van der Waals surface area contributed by atoms with Crippen LogP contribution in [-0.4, -0.2) is 41.5 Å². The number of ether oxygens (including phenoxy) is 3. The first-order valence-corrected chi connectivity index (χ1v) is 12.5. The predicted octanol–water partition coefficient (Wildman–Crippen LogP) is 6.42. The van der Waals surface area contributed by atoms with Crippen LogP contribution >= 0.6 is 35.6 Å². The molecule has 8 heteroatoms. The van der Waals surface area contributed by atoms with E-state index in [0.29, 0.717) is 58.5 Å². The topological polar surface area (TPSA) is 48.0 Å². The van der Waals surface area contributed by atoms with E-state index >= 15 is 0 Å². The molecule has 0 unspecified atom stereocenters. The van der Waals surface area contributed by atoms with Crippen molar-refractivity contribution in [1.82, 2.24) is 4.90 Å². The fourth-order valence-electron chi connectivity index (χ4n) is 3.29. The fraction of sp³-hybridized carbons (Fsp3) is 0.360. The molecule has 33 heavy (non-hydrogen) atoms. The minimum atomic E-state index is -0.0919. The number of thioether (sulfide) groups is 1. The lowest BCUT2D eigenvalue weighted by molar-refractivity contribution is -0.121. The number of benzene rings is 2. The molecule has 1 heterocycles. The van der Waals surface area contributed by atoms with E-state index < -0.39 is 0 Å². The van der Waals surface area contributed by atoms with Crippen molar-refractivity contribution in [1.29, 1.82) is 0 Å². The molecular weight excluding hydrogens is 478 g/mol. The predicted molar refractivity (Wildman–Crippen MR) is 140 cm³/mol. The van der Waals surface area contributed by atoms with Gasteiger partial charge in [-0.05, 0) is 68.7 Å². The van der Waals surface area contributed by atoms with Gasteiger partial charge in [0.15, 0.2) is 11.5 Å². The molecule has 1 aliphatic rings. The van der Waals surface area contributed by atoms with Gasteiger partial charge in [0, 0.05) is 13.0 Å². The van der Waals surface area contributed by atoms with Gasteiger partial charge in [-0.25, -0.2) is 0 Å². The number of carbonyl (C=O) groups is 1. The fourth-order valence-corrected chi connectivity index (χ4v) is 4.95. The van der Waals surface area contributed by atoms with E-state index in [1.165, 1.54) is 17.3 Å². The highest BCUT2D eigenvalue weighted by Crippen LogP contribution is 2.39. The molecule has 0 N–H and O–H groups in total. The molecule has 5 nitrogen and oxygen atoms in total. The van der Waals surface area contributed by atoms with Gasteiger partial charge in [-0.15, -0.1) is 0 Å². The average molecular weight is 506 g/mol. The van der Waals surface area contributed by atoms with Crippen LogP contribution in [0.15, 0.2) is 35.2 Å². The van der Waals surface area contributed by atoms with E-state index in [1.54, 1.807) is 17.0 Å². The third kappa shape index (κ3) is 6.22. The summed E-state index contributed by atoms with van der Waals surface area (Å²) in [5.74, 6) is 1.83. The summed E-state index contributed by atoms with van der Waals surface area (Å²) >= 11 is 13.1. The SMILES string of the molecule is CCOc1cc(/C=C2\SC(=S)N(CC)C2=O)cc(Cl)c1OCCCOc1cccc(C)c1C. The second-order valence-corrected chi connectivity index (χ2v) is 9.52. The zero-order valence-corrected chi connectivity index (χ0v) is 21.7. The molecule has 1 fully saturated rings. The van der Waals surface area contributed by atoms with E-state index in [0.717, 1.165) is 16.9 Å². The summed E-state index contributed by atoms with van der Waals surface area (Å²) in [4.78, 5) is 14.7. The zero-order chi connectivity index (χ0) is 24.0. The largest absolute Gasteiger partial charge is 0.493 e. The van der Waals surface area contributed by atoms with Crippen molar-refractivity contribution in [2.24, 2.45) is 0 Å². The van der Waals surface area contributed by atoms with Crippen LogP contribution in [0.4, 0.5) is 0 Å². The minimum absolute atomic E-state index is 0.0919. The number of rotatable bonds is 10. The highest BCUT2D eigenvalue weighted by atomic mass is 35.5. The lowest BCUT2D eigenvalue weighted by Crippen LogP contribution is -2.27. The van der Waals surface area contributed by atoms with Crippen LogP contribution in [0.25, 0.3) is 6.08 Å². The Morgan fingerprint density at radius 2 is 1.85 bits per heavy atom. The third-order valence-electron chi connectivity index (χ3n) is 5.17. The normalized spacial score (nSPS) is 14.8. The number of nitrogens with zero attached hydrogens (tertiary/aromatic N) is 1. The Hall–Kier alpha value is -2.22. The number of thiocarbonyl (C=S) groups is 1. The smallest absolute Gasteiger partial charge is 0.266 e. The molecule has 0 saturated carbocycles. The number of carbonyl (C=O) groups excluding carboxylic acids is 1. The van der Waals surface area contributed by atoms with Crippen LogP contribution < -0.4 is 14.2 Å². The molecule has 2 aromatic rings. The second-order valence-electron chi connectivity index (χ2n) is 7.44. The first-order chi connectivity index (χ1) is 15.8. The molecule has 0 radical (unpaired) electrons. The minimum Gasteiger partial charge on any atom is -0.493 e. The Bertz CT molecular complexity index is 1070. The standard InChI is InChI=1S/C25H28ClNO4S2/c1-5-27-24(28)22(33-25(27)32)15-18-13-19(26)23(21(14-18)29-6-2)31-12-8-11-30-20-10-7-9-16(3)17(20)4/h7,9-10,13-15H,5-6,8,11-12H2,1-4H3/b22-15-.